The first-order valence-corrected chi connectivity index (χ1v) is 30.6. The second kappa shape index (κ2) is 31.8. The van der Waals surface area contributed by atoms with Gasteiger partial charge in [-0.1, -0.05) is 79.7 Å². The zero-order valence-electron chi connectivity index (χ0n) is 51.4. The number of alkyl halides is 1. The summed E-state index contributed by atoms with van der Waals surface area (Å²) in [6, 6.07) is 35.2. The van der Waals surface area contributed by atoms with Gasteiger partial charge in [0.15, 0.2) is 11.6 Å². The minimum Gasteiger partial charge on any atom is -0.367 e. The van der Waals surface area contributed by atoms with E-state index in [-0.39, 0.29) is 17.1 Å². The number of piperidine rings is 3. The highest BCUT2D eigenvalue weighted by molar-refractivity contribution is 5.48. The lowest BCUT2D eigenvalue weighted by Crippen LogP contribution is -2.49. The van der Waals surface area contributed by atoms with Gasteiger partial charge < -0.3 is 24.5 Å². The summed E-state index contributed by atoms with van der Waals surface area (Å²) in [7, 11) is 0. The van der Waals surface area contributed by atoms with Crippen molar-refractivity contribution in [1.29, 1.82) is 0 Å². The molecule has 5 aliphatic rings. The van der Waals surface area contributed by atoms with Crippen LogP contribution in [0.1, 0.15) is 137 Å². The molecule has 5 saturated heterocycles. The summed E-state index contributed by atoms with van der Waals surface area (Å²) in [4.78, 5) is 19.8. The van der Waals surface area contributed by atoms with E-state index in [4.69, 9.17) is 0 Å². The van der Waals surface area contributed by atoms with E-state index in [2.05, 4.69) is 136 Å². The maximum Gasteiger partial charge on any atom is 0.168 e. The zero-order valence-corrected chi connectivity index (χ0v) is 51.4. The lowest BCUT2D eigenvalue weighted by Gasteiger charge is -2.41. The van der Waals surface area contributed by atoms with Gasteiger partial charge in [-0.15, -0.1) is 0 Å². The second-order valence-electron chi connectivity index (χ2n) is 24.8. The van der Waals surface area contributed by atoms with Gasteiger partial charge in [0.2, 0.25) is 0 Å². The topological polar surface area (TPSA) is 35.6 Å². The number of nitrogens with zero attached hydrogens (tertiary/aromatic N) is 8. The SMILES string of the molecule is CC(C)N1CCC(C)(c2ccc(F)cc2)CC1.CC(C)N1CCC(F)(c2ccccc2)CC1.CC(C)N1CCC(c2ccccc2)CC1.CC(C)N1CCN(c2ccc(F)cc2F)CC1.CC(C)N1CCN(c2ncc(F)cc2F)CC1. The van der Waals surface area contributed by atoms with Gasteiger partial charge in [0.25, 0.3) is 0 Å². The van der Waals surface area contributed by atoms with E-state index in [1.54, 1.807) is 12.1 Å². The number of anilines is 2. The largest absolute Gasteiger partial charge is 0.367 e. The molecule has 0 N–H and O–H groups in total. The lowest BCUT2D eigenvalue weighted by atomic mass is 9.74. The van der Waals surface area contributed by atoms with Crippen LogP contribution in [-0.2, 0) is 11.1 Å². The van der Waals surface area contributed by atoms with Crippen LogP contribution in [0.4, 0.5) is 37.8 Å². The number of benzene rings is 4. The Bertz CT molecular complexity index is 2500. The van der Waals surface area contributed by atoms with Gasteiger partial charge in [0, 0.05) is 108 Å². The van der Waals surface area contributed by atoms with E-state index in [0.29, 0.717) is 48.7 Å². The number of rotatable bonds is 10. The standard InChI is InChI=1S/C15H22FN.C14H20FN.C14H21N.C13H18F2N2.C12H17F2N3/c1-12(2)17-10-8-15(3,9-11-17)13-4-6-14(16)7-5-13;1-12(2)16-10-8-14(15,9-11-16)13-6-4-3-5-7-13;1-12(2)15-10-8-14(9-11-15)13-6-4-3-5-7-13;1-10(2)16-5-7-17(8-6-16)13-4-3-11(14)9-12(13)15;1-9(2)16-3-5-17(6-4-16)12-11(14)7-10(13)8-15-12/h4-7,12H,8-11H2,1-3H3;3-7,12H,8-11H2,1-2H3;3-7,12,14H,8-11H2,1-2H3;3-4,9-10H,5-8H2,1-2H3;7-9H,3-6H2,1-2H3. The number of hydrogen-bond donors (Lipinski definition) is 0. The van der Waals surface area contributed by atoms with E-state index in [1.165, 1.54) is 49.2 Å². The van der Waals surface area contributed by atoms with Crippen molar-refractivity contribution in [2.24, 2.45) is 0 Å². The number of pyridine rings is 1. The van der Waals surface area contributed by atoms with Crippen molar-refractivity contribution in [2.75, 3.05) is 101 Å². The summed E-state index contributed by atoms with van der Waals surface area (Å²) >= 11 is 0. The third-order valence-corrected chi connectivity index (χ3v) is 17.7. The summed E-state index contributed by atoms with van der Waals surface area (Å²) in [6.07, 6.45) is 7.27. The molecule has 82 heavy (non-hydrogen) atoms. The van der Waals surface area contributed by atoms with Crippen molar-refractivity contribution in [3.8, 4) is 0 Å². The van der Waals surface area contributed by atoms with Gasteiger partial charge in [-0.3, -0.25) is 9.80 Å². The lowest BCUT2D eigenvalue weighted by molar-refractivity contribution is 0.0427. The first kappa shape index (κ1) is 66.2. The highest BCUT2D eigenvalue weighted by Gasteiger charge is 2.37. The van der Waals surface area contributed by atoms with Crippen LogP contribution in [0, 0.1) is 29.1 Å². The molecular formula is C68H98F6N8. The van der Waals surface area contributed by atoms with E-state index in [9.17, 15) is 26.3 Å². The van der Waals surface area contributed by atoms with Crippen LogP contribution in [0.2, 0.25) is 0 Å². The molecule has 0 unspecified atom stereocenters. The molecule has 0 aliphatic carbocycles. The molecule has 10 rings (SSSR count). The molecule has 5 aliphatic heterocycles. The average Bonchev–Trinajstić information content (AvgIpc) is 3.68. The van der Waals surface area contributed by atoms with Crippen LogP contribution >= 0.6 is 0 Å². The third-order valence-electron chi connectivity index (χ3n) is 17.7. The Morgan fingerprint density at radius 2 is 0.829 bits per heavy atom. The highest BCUT2D eigenvalue weighted by Crippen LogP contribution is 2.38. The van der Waals surface area contributed by atoms with Gasteiger partial charge in [0.05, 0.1) is 11.9 Å². The monoisotopic (exact) mass is 1140 g/mol. The summed E-state index contributed by atoms with van der Waals surface area (Å²) < 4.78 is 80.4. The molecule has 0 saturated carbocycles. The van der Waals surface area contributed by atoms with Crippen LogP contribution in [0.25, 0.3) is 0 Å². The number of halogens is 6. The van der Waals surface area contributed by atoms with Crippen molar-refractivity contribution >= 4 is 11.5 Å². The molecule has 0 bridgehead atoms. The van der Waals surface area contributed by atoms with Gasteiger partial charge in [-0.25, -0.2) is 31.3 Å². The van der Waals surface area contributed by atoms with Crippen molar-refractivity contribution in [3.63, 3.8) is 0 Å². The molecule has 452 valence electrons. The fourth-order valence-electron chi connectivity index (χ4n) is 11.9. The van der Waals surface area contributed by atoms with Crippen LogP contribution < -0.4 is 9.80 Å². The molecule has 5 aromatic rings. The molecule has 4 aromatic carbocycles. The van der Waals surface area contributed by atoms with Crippen molar-refractivity contribution in [2.45, 2.75) is 162 Å². The van der Waals surface area contributed by atoms with Crippen molar-refractivity contribution in [3.05, 3.63) is 161 Å². The Kier molecular flexibility index (Phi) is 25.6. The number of piperazine rings is 2. The molecule has 1 aromatic heterocycles. The van der Waals surface area contributed by atoms with Gasteiger partial charge >= 0.3 is 0 Å². The summed E-state index contributed by atoms with van der Waals surface area (Å²) in [5, 5.41) is 0. The summed E-state index contributed by atoms with van der Waals surface area (Å²) in [6.45, 7) is 37.6. The normalized spacial score (nSPS) is 19.4. The first-order valence-electron chi connectivity index (χ1n) is 30.6. The molecule has 14 heteroatoms. The molecule has 5 fully saturated rings. The number of aromatic nitrogens is 1. The second-order valence-corrected chi connectivity index (χ2v) is 24.8. The minimum atomic E-state index is -1.10. The van der Waals surface area contributed by atoms with Gasteiger partial charge in [-0.05, 0) is 186 Å². The maximum atomic E-state index is 14.7. The fourth-order valence-corrected chi connectivity index (χ4v) is 11.9. The molecule has 0 atom stereocenters. The number of hydrogen-bond acceptors (Lipinski definition) is 8. The molecule has 8 nitrogen and oxygen atoms in total. The fraction of sp³-hybridized carbons (Fsp3) is 0.574. The van der Waals surface area contributed by atoms with Gasteiger partial charge in [-0.2, -0.15) is 0 Å². The third kappa shape index (κ3) is 19.5. The van der Waals surface area contributed by atoms with Gasteiger partial charge in [0.1, 0.15) is 28.9 Å². The molecule has 0 amide bonds. The predicted molar refractivity (Wildman–Crippen MR) is 328 cm³/mol. The molecular weight excluding hydrogens is 1040 g/mol. The van der Waals surface area contributed by atoms with Crippen LogP contribution in [0.5, 0.6) is 0 Å². The Hall–Kier alpha value is -4.99. The Morgan fingerprint density at radius 1 is 0.415 bits per heavy atom. The van der Waals surface area contributed by atoms with E-state index >= 15 is 0 Å². The van der Waals surface area contributed by atoms with E-state index in [0.717, 1.165) is 121 Å². The summed E-state index contributed by atoms with van der Waals surface area (Å²) in [5.74, 6) is -1.29. The maximum absolute atomic E-state index is 14.7. The van der Waals surface area contributed by atoms with Crippen LogP contribution in [-0.4, -0.2) is 151 Å². The highest BCUT2D eigenvalue weighted by atomic mass is 19.2. The van der Waals surface area contributed by atoms with E-state index < -0.39 is 28.9 Å². The smallest absolute Gasteiger partial charge is 0.168 e. The van der Waals surface area contributed by atoms with Crippen LogP contribution in [0.15, 0.2) is 115 Å². The predicted octanol–water partition coefficient (Wildman–Crippen LogP) is 14.6. The van der Waals surface area contributed by atoms with Crippen molar-refractivity contribution in [1.82, 2.24) is 29.5 Å². The summed E-state index contributed by atoms with van der Waals surface area (Å²) in [5.41, 5.74) is 3.28. The van der Waals surface area contributed by atoms with E-state index in [1.807, 2.05) is 52.3 Å². The minimum absolute atomic E-state index is 0.142. The Labute approximate surface area is 489 Å². The Balaban J connectivity index is 0.000000165. The first-order chi connectivity index (χ1) is 39.0. The number of likely N-dealkylation sites (tertiary alicyclic amines) is 3. The molecule has 0 radical (unpaired) electrons. The zero-order chi connectivity index (χ0) is 59.6. The molecule has 6 heterocycles. The Morgan fingerprint density at radius 3 is 1.29 bits per heavy atom. The van der Waals surface area contributed by atoms with Crippen molar-refractivity contribution < 1.29 is 26.3 Å². The van der Waals surface area contributed by atoms with Crippen LogP contribution in [0.3, 0.4) is 0 Å². The molecule has 0 spiro atoms. The average molecular weight is 1140 g/mol. The quantitative estimate of drug-likeness (QED) is 0.128.